The van der Waals surface area contributed by atoms with Crippen molar-refractivity contribution in [1.29, 1.82) is 0 Å². The molecule has 0 amide bonds. The van der Waals surface area contributed by atoms with Crippen molar-refractivity contribution < 1.29 is 44.8 Å². The van der Waals surface area contributed by atoms with Crippen molar-refractivity contribution in [1.82, 2.24) is 0 Å². The van der Waals surface area contributed by atoms with Crippen molar-refractivity contribution in [2.45, 2.75) is 116 Å². The fourth-order valence-electron chi connectivity index (χ4n) is 9.47. The van der Waals surface area contributed by atoms with Gasteiger partial charge in [-0.1, -0.05) is 0 Å². The van der Waals surface area contributed by atoms with Gasteiger partial charge in [-0.25, -0.2) is 0 Å². The first-order valence-electron chi connectivity index (χ1n) is 19.2. The molecule has 0 spiro atoms. The largest absolute Gasteiger partial charge is 1.00 e. The van der Waals surface area contributed by atoms with Gasteiger partial charge in [0.1, 0.15) is 0 Å². The minimum atomic E-state index is -3.25. The van der Waals surface area contributed by atoms with Crippen LogP contribution in [0.3, 0.4) is 0 Å². The second kappa shape index (κ2) is 14.1. The molecule has 0 nitrogen and oxygen atoms in total. The maximum Gasteiger partial charge on any atom is -1.00 e. The molecule has 0 bridgehead atoms. The van der Waals surface area contributed by atoms with E-state index in [9.17, 15) is 0 Å². The van der Waals surface area contributed by atoms with Crippen LogP contribution in [0.25, 0.3) is 34.4 Å². The van der Waals surface area contributed by atoms with Crippen LogP contribution in [-0.4, -0.2) is 0 Å². The molecule has 1 saturated heterocycles. The fourth-order valence-corrected chi connectivity index (χ4v) is 33.4. The summed E-state index contributed by atoms with van der Waals surface area (Å²) in [5.74, 6) is 0. The van der Waals surface area contributed by atoms with Crippen LogP contribution in [0.2, 0.25) is 8.35 Å². The zero-order chi connectivity index (χ0) is 36.0. The Hall–Kier alpha value is -2.19. The molecule has 0 radical (unpaired) electrons. The normalized spacial score (nSPS) is 18.8. The molecule has 2 aliphatic carbocycles. The number of allylic oxidation sites excluding steroid dienone is 2. The molecular formula is C49H60Cl2Hf. The van der Waals surface area contributed by atoms with E-state index in [1.54, 1.807) is 22.3 Å². The van der Waals surface area contributed by atoms with Gasteiger partial charge in [-0.15, -0.1) is 0 Å². The molecule has 0 N–H and O–H groups in total. The van der Waals surface area contributed by atoms with Crippen molar-refractivity contribution in [2.24, 2.45) is 10.8 Å². The van der Waals surface area contributed by atoms with Crippen LogP contribution in [0.15, 0.2) is 96.1 Å². The zero-order valence-electron chi connectivity index (χ0n) is 33.8. The van der Waals surface area contributed by atoms with E-state index >= 15 is 0 Å². The molecule has 4 aromatic carbocycles. The molecule has 52 heavy (non-hydrogen) atoms. The minimum Gasteiger partial charge on any atom is -1.00 e. The van der Waals surface area contributed by atoms with E-state index in [1.807, 2.05) is 0 Å². The second-order valence-electron chi connectivity index (χ2n) is 19.9. The van der Waals surface area contributed by atoms with Crippen molar-refractivity contribution in [2.75, 3.05) is 0 Å². The van der Waals surface area contributed by atoms with Crippen LogP contribution < -0.4 is 24.8 Å². The maximum atomic E-state index is 2.68. The average Bonchev–Trinajstić information content (AvgIpc) is 3.61. The van der Waals surface area contributed by atoms with Crippen molar-refractivity contribution in [3.63, 3.8) is 0 Å². The van der Waals surface area contributed by atoms with Gasteiger partial charge in [0.2, 0.25) is 0 Å². The fraction of sp³-hybridized carbons (Fsp3) is 0.429. The zero-order valence-corrected chi connectivity index (χ0v) is 38.9. The molecule has 3 aliphatic rings. The number of benzene rings is 4. The summed E-state index contributed by atoms with van der Waals surface area (Å²) in [5, 5.41) is 0. The quantitative estimate of drug-likeness (QED) is 0.180. The first-order chi connectivity index (χ1) is 23.3. The standard InChI is InChI=1S/2C23H27.C3H6.2ClH.Hf/c2*1-22(2,3)18-12-10-16(11-13-18)20-9-7-8-17-14-19(15-21(17)20)23(4,5)6;1-3-2;;;/h2*7-15H,1-6H3;1-3H2;2*1H;/q;;;;;+2/p-2. The summed E-state index contributed by atoms with van der Waals surface area (Å²) >= 11 is -3.25. The second-order valence-corrected chi connectivity index (χ2v) is 36.5. The predicted molar refractivity (Wildman–Crippen MR) is 216 cm³/mol. The van der Waals surface area contributed by atoms with Crippen LogP contribution in [0.4, 0.5) is 0 Å². The first-order valence-corrected chi connectivity index (χ1v) is 28.5. The van der Waals surface area contributed by atoms with Crippen molar-refractivity contribution >= 4 is 12.2 Å². The Kier molecular flexibility index (Phi) is 11.1. The van der Waals surface area contributed by atoms with E-state index in [2.05, 4.69) is 180 Å². The molecule has 7 rings (SSSR count). The molecule has 274 valence electrons. The molecular weight excluding hydrogens is 838 g/mol. The molecule has 1 aliphatic heterocycles. The number of hydrogen-bond donors (Lipinski definition) is 0. The summed E-state index contributed by atoms with van der Waals surface area (Å²) in [6.45, 7) is 28.8. The SMILES string of the molecule is CC(C)(C)C1=Cc2c(-c3ccc(C(C)(C)C)cc3)cccc2[CH]1[Hf+2]1([CH]2C(C(C)(C)C)=Cc3c(-c4ccc(C(C)(C)C)cc4)cccc32)[CH2]C[CH2]1.[Cl-].[Cl-]. The number of halogens is 2. The van der Waals surface area contributed by atoms with Crippen LogP contribution in [0, 0.1) is 10.8 Å². The minimum absolute atomic E-state index is 0. The first kappa shape index (κ1) is 41.0. The Morgan fingerprint density at radius 2 is 0.788 bits per heavy atom. The Morgan fingerprint density at radius 3 is 1.06 bits per heavy atom. The number of rotatable bonds is 4. The van der Waals surface area contributed by atoms with Gasteiger partial charge in [-0.05, 0) is 0 Å². The van der Waals surface area contributed by atoms with Gasteiger partial charge in [0, 0.05) is 0 Å². The van der Waals surface area contributed by atoms with Gasteiger partial charge >= 0.3 is 311 Å². The van der Waals surface area contributed by atoms with Gasteiger partial charge in [0.25, 0.3) is 0 Å². The van der Waals surface area contributed by atoms with Crippen LogP contribution in [0.1, 0.15) is 130 Å². The smallest absolute Gasteiger partial charge is 1.00 e. The summed E-state index contributed by atoms with van der Waals surface area (Å²) < 4.78 is 4.18. The molecule has 0 saturated carbocycles. The summed E-state index contributed by atoms with van der Waals surface area (Å²) in [5.41, 5.74) is 18.6. The van der Waals surface area contributed by atoms with E-state index in [4.69, 9.17) is 0 Å². The van der Waals surface area contributed by atoms with E-state index in [-0.39, 0.29) is 46.5 Å². The topological polar surface area (TPSA) is 0 Å². The van der Waals surface area contributed by atoms with E-state index in [0.717, 1.165) is 0 Å². The summed E-state index contributed by atoms with van der Waals surface area (Å²) in [6, 6.07) is 33.5. The Balaban J connectivity index is 0.00000261. The third-order valence-corrected chi connectivity index (χ3v) is 34.4. The third-order valence-electron chi connectivity index (χ3n) is 12.4. The summed E-state index contributed by atoms with van der Waals surface area (Å²) in [6.07, 6.45) is 6.75. The maximum absolute atomic E-state index is 3.25. The summed E-state index contributed by atoms with van der Waals surface area (Å²) in [7, 11) is 0. The molecule has 1 heterocycles. The van der Waals surface area contributed by atoms with Gasteiger partial charge in [0.15, 0.2) is 0 Å². The van der Waals surface area contributed by atoms with Gasteiger partial charge in [-0.3, -0.25) is 0 Å². The van der Waals surface area contributed by atoms with Crippen LogP contribution in [-0.2, 0) is 30.8 Å². The van der Waals surface area contributed by atoms with E-state index < -0.39 is 20.0 Å². The monoisotopic (exact) mass is 898 g/mol. The third kappa shape index (κ3) is 7.06. The van der Waals surface area contributed by atoms with Crippen LogP contribution in [0.5, 0.6) is 0 Å². The molecule has 2 atom stereocenters. The van der Waals surface area contributed by atoms with Crippen molar-refractivity contribution in [3.8, 4) is 22.3 Å². The average molecular weight is 898 g/mol. The van der Waals surface area contributed by atoms with E-state index in [0.29, 0.717) is 7.35 Å². The number of hydrogen-bond acceptors (Lipinski definition) is 0. The van der Waals surface area contributed by atoms with Gasteiger partial charge < -0.3 is 24.8 Å². The Morgan fingerprint density at radius 1 is 0.442 bits per heavy atom. The van der Waals surface area contributed by atoms with Crippen LogP contribution >= 0.6 is 0 Å². The number of fused-ring (bicyclic) bond motifs is 2. The molecule has 4 aromatic rings. The van der Waals surface area contributed by atoms with Gasteiger partial charge in [0.05, 0.1) is 0 Å². The molecule has 0 aromatic heterocycles. The van der Waals surface area contributed by atoms with E-state index in [1.165, 1.54) is 59.3 Å². The van der Waals surface area contributed by atoms with Gasteiger partial charge in [-0.2, -0.15) is 0 Å². The van der Waals surface area contributed by atoms with Crippen molar-refractivity contribution in [3.05, 3.63) is 129 Å². The Labute approximate surface area is 333 Å². The summed E-state index contributed by atoms with van der Waals surface area (Å²) in [4.78, 5) is 0. The molecule has 3 heteroatoms. The predicted octanol–water partition coefficient (Wildman–Crippen LogP) is 8.69. The Bertz CT molecular complexity index is 1850. The molecule has 2 unspecified atom stereocenters. The molecule has 1 fully saturated rings.